The second-order valence-electron chi connectivity index (χ2n) is 32.7. The van der Waals surface area contributed by atoms with Crippen molar-refractivity contribution >= 4 is 27.6 Å². The zero-order chi connectivity index (χ0) is 98.9. The average Bonchev–Trinajstić information content (AvgIpc) is 0.742. The Balaban J connectivity index is 1.10. The van der Waals surface area contributed by atoms with Crippen LogP contribution >= 0.6 is 15.6 Å². The molecule has 0 bridgehead atoms. The van der Waals surface area contributed by atoms with E-state index >= 15 is 0 Å². The Morgan fingerprint density at radius 2 is 0.707 bits per heavy atom. The lowest BCUT2D eigenvalue weighted by atomic mass is 9.89. The number of phosphoric acid groups is 2. The molecule has 776 valence electrons. The molecule has 53 atom stereocenters. The van der Waals surface area contributed by atoms with E-state index in [9.17, 15) is 212 Å². The fraction of sp³-hybridized carbons (Fsp3) is 0.970. The minimum absolute atomic E-state index is 1.05. The van der Waals surface area contributed by atoms with Gasteiger partial charge in [-0.05, 0) is 0 Å². The monoisotopic (exact) mass is 2000 g/mol. The highest BCUT2D eigenvalue weighted by Crippen LogP contribution is 2.49. The normalized spacial score (nSPS) is 48.2. The van der Waals surface area contributed by atoms with Crippen LogP contribution in [-0.4, -0.2) is 596 Å². The summed E-state index contributed by atoms with van der Waals surface area (Å²) in [6.45, 7) is -13.8. The van der Waals surface area contributed by atoms with E-state index in [0.717, 1.165) is 0 Å². The number of aliphatic hydroxyl groups excluding tert-OH is 31. The molecule has 66 heteroatoms. The third-order valence-corrected chi connectivity index (χ3v) is 24.6. The van der Waals surface area contributed by atoms with Crippen molar-refractivity contribution in [2.45, 2.75) is 337 Å². The molecule has 133 heavy (non-hydrogen) atoms. The van der Waals surface area contributed by atoms with Crippen LogP contribution in [0.2, 0.25) is 0 Å². The smallest absolute Gasteiger partial charge is 0.470 e. The van der Waals surface area contributed by atoms with Gasteiger partial charge in [0.2, 0.25) is 0 Å². The Labute approximate surface area is 745 Å². The number of carbonyl (C=O) groups is 2. The number of hydrogen-bond acceptors (Lipinski definition) is 58. The van der Waals surface area contributed by atoms with Crippen LogP contribution in [0.1, 0.15) is 12.8 Å². The lowest BCUT2D eigenvalue weighted by Gasteiger charge is -2.52. The maximum Gasteiger partial charge on any atom is 0.470 e. The van der Waals surface area contributed by atoms with Crippen LogP contribution < -0.4 is 5.73 Å². The molecule has 0 unspecified atom stereocenters. The van der Waals surface area contributed by atoms with E-state index in [1.54, 1.807) is 0 Å². The largest absolute Gasteiger partial charge is 0.477 e. The zero-order valence-electron chi connectivity index (χ0n) is 68.6. The van der Waals surface area contributed by atoms with Crippen molar-refractivity contribution < 1.29 is 311 Å². The van der Waals surface area contributed by atoms with Gasteiger partial charge in [-0.25, -0.2) is 18.7 Å². The molecule has 0 spiro atoms. The summed E-state index contributed by atoms with van der Waals surface area (Å²) in [7, 11) is -12.9. The molecule has 0 aliphatic carbocycles. The van der Waals surface area contributed by atoms with Gasteiger partial charge >= 0.3 is 27.6 Å². The molecule has 10 heterocycles. The molecule has 10 rings (SSSR count). The van der Waals surface area contributed by atoms with Gasteiger partial charge in [0.1, 0.15) is 244 Å². The molecule has 10 saturated heterocycles. The van der Waals surface area contributed by atoms with E-state index in [4.69, 9.17) is 105 Å². The van der Waals surface area contributed by atoms with Gasteiger partial charge in [0.05, 0.1) is 84.3 Å². The van der Waals surface area contributed by atoms with Crippen molar-refractivity contribution in [2.75, 3.05) is 66.1 Å². The Morgan fingerprint density at radius 3 is 1.17 bits per heavy atom. The van der Waals surface area contributed by atoms with Gasteiger partial charge in [-0.1, -0.05) is 0 Å². The van der Waals surface area contributed by atoms with Gasteiger partial charge in [-0.2, -0.15) is 0 Å². The van der Waals surface area contributed by atoms with E-state index in [0.29, 0.717) is 0 Å². The number of carboxylic acid groups (broad SMARTS) is 2. The second-order valence-corrected chi connectivity index (χ2v) is 35.1. The lowest BCUT2D eigenvalue weighted by molar-refractivity contribution is -0.411. The highest BCUT2D eigenvalue weighted by molar-refractivity contribution is 7.46. The number of aliphatic carboxylic acids is 2. The standard InChI is InChI=1S/C67H115NO63P2/c68-25-32(89)27(84)20(7-73)113-56(25)125-52-35(92)29(86)23(10-76)116-63(52)126-53-36(93)30(87)22(9-75)115-62(53)122-49-31(88)24(12-112-57-38(95)33(90)28(85)21(8-74)114-57)117-59(40(49)97)123-51-42(99)61(120-46(55(51)131-133(108,109)110)18(82)11-111-58-39(96)34(91)37(94)43(118-58)14(78)3-69)124-50-41(98)60(119-45(16(80)5-71)54(50)130-132(105,106)107)121-48-19(2-66(104,64(100)101)128-47(48)17(81)6-72)127-67(65(102)103)1-13(77)26(83)44(129-67)15(79)4-70/h13-63,69-99,104H,1-12,68H2,(H,100,101)(H,102,103)(H2,105,106,107)(H2,108,109,110)/t13-,14+,15-,16+,17-,18+,19-,20-,21-,22-,23-,24-,25-,26-,27-,28+,29-,30-,31-,32-,33+,34+,35+,36+,37+,38-,39+,40-,41+,42+,43-,44-,45-,46-,47-,48-,49+,50-,51-,52-,53-,54-,55-,56-,57+,58+,59-,60-,61-,62-,63-,66-,67-/m1/s1. The van der Waals surface area contributed by atoms with Crippen LogP contribution in [0, 0.1) is 0 Å². The first-order chi connectivity index (χ1) is 62.2. The van der Waals surface area contributed by atoms with Crippen LogP contribution in [0.25, 0.3) is 0 Å². The molecule has 10 aliphatic heterocycles. The third kappa shape index (κ3) is 24.8. The van der Waals surface area contributed by atoms with E-state index in [-0.39, 0.29) is 0 Å². The summed E-state index contributed by atoms with van der Waals surface area (Å²) < 4.78 is 146. The molecule has 0 saturated carbocycles. The Bertz CT molecular complexity index is 3730. The first-order valence-corrected chi connectivity index (χ1v) is 43.7. The van der Waals surface area contributed by atoms with Gasteiger partial charge in [0.25, 0.3) is 11.6 Å². The highest BCUT2D eigenvalue weighted by Gasteiger charge is 2.66. The third-order valence-electron chi connectivity index (χ3n) is 23.6. The summed E-state index contributed by atoms with van der Waals surface area (Å²) in [5, 5.41) is 377. The Morgan fingerprint density at radius 1 is 0.338 bits per heavy atom. The van der Waals surface area contributed by atoms with Gasteiger partial charge in [0.15, 0.2) is 50.3 Å². The van der Waals surface area contributed by atoms with Crippen molar-refractivity contribution in [3.05, 3.63) is 0 Å². The predicted octanol–water partition coefficient (Wildman–Crippen LogP) is -24.8. The van der Waals surface area contributed by atoms with Crippen LogP contribution in [-0.2, 0) is 118 Å². The van der Waals surface area contributed by atoms with Crippen LogP contribution in [0.4, 0.5) is 0 Å². The summed E-state index contributed by atoms with van der Waals surface area (Å²) in [4.78, 5) is 69.2. The number of carboxylic acids is 2. The number of aliphatic hydroxyl groups is 32. The minimum Gasteiger partial charge on any atom is -0.477 e. The van der Waals surface area contributed by atoms with Crippen molar-refractivity contribution in [3.8, 4) is 0 Å². The summed E-state index contributed by atoms with van der Waals surface area (Å²) in [6, 6.07) is -1.84. The maximum absolute atomic E-state index is 13.5. The van der Waals surface area contributed by atoms with Gasteiger partial charge in [-0.15, -0.1) is 0 Å². The highest BCUT2D eigenvalue weighted by atomic mass is 31.2. The van der Waals surface area contributed by atoms with Gasteiger partial charge in [0, 0.05) is 12.8 Å². The lowest BCUT2D eigenvalue weighted by Crippen LogP contribution is -2.70. The van der Waals surface area contributed by atoms with E-state index in [1.807, 2.05) is 0 Å². The molecule has 0 aromatic rings. The van der Waals surface area contributed by atoms with E-state index in [1.165, 1.54) is 0 Å². The minimum atomic E-state index is -6.49. The fourth-order valence-electron chi connectivity index (χ4n) is 16.3. The Hall–Kier alpha value is -2.92. The number of rotatable bonds is 39. The molecule has 64 nitrogen and oxygen atoms in total. The molecule has 0 radical (unpaired) electrons. The number of hydrogen-bond donors (Lipinski definition) is 39. The number of ether oxygens (including phenoxy) is 19. The molecule has 0 aromatic carbocycles. The van der Waals surface area contributed by atoms with Crippen molar-refractivity contribution in [1.82, 2.24) is 0 Å². The predicted molar refractivity (Wildman–Crippen MR) is 394 cm³/mol. The summed E-state index contributed by atoms with van der Waals surface area (Å²) in [5.74, 6) is -12.2. The molecule has 0 amide bonds. The van der Waals surface area contributed by atoms with Crippen molar-refractivity contribution in [2.24, 2.45) is 5.73 Å². The average molecular weight is 2000 g/mol. The number of nitrogens with two attached hydrogens (primary N) is 1. The second kappa shape index (κ2) is 46.6. The quantitative estimate of drug-likeness (QED) is 0.0254. The Kier molecular flexibility index (Phi) is 39.3. The summed E-state index contributed by atoms with van der Waals surface area (Å²) >= 11 is 0. The first kappa shape index (κ1) is 112. The topological polar surface area (TPSA) is 1060 Å². The molecule has 10 fully saturated rings. The molecule has 0 aromatic heterocycles. The van der Waals surface area contributed by atoms with E-state index in [2.05, 4.69) is 0 Å². The molecular formula is C67H115NO63P2. The van der Waals surface area contributed by atoms with Crippen molar-refractivity contribution in [1.29, 1.82) is 0 Å². The van der Waals surface area contributed by atoms with Crippen LogP contribution in [0.15, 0.2) is 0 Å². The SMILES string of the molecule is N[C@H]1[C@@H](O[C@H]2[C@@H](O[C@H]3[C@@H](O[C@@H]4[C@@H](O)[C@@H](O[C@@H]5[C@H](O)[C@@H](O[C@@H]6[C@H](O)[C@@H](O[C@H]7[C@@H]([C@H](O)CO)O[C@@](O)(C(=O)O)C[C@H]7O[C@]7(C(=O)O)C[C@@H](O)[C@@H](O)[C@@H]([C@H](O)CO)O7)O[C@H]([C@@H](O)CO)[C@H]6OP(=O)(O)O)O[C@H]([C@@H](O)CO[C@H]6O[C@H]([C@@H](O)CO)[C@@H](O)[C@H](O)[C@@H]6O)[C@H]5OP(=O)(O)O)O[C@H](CO[C@H]5O[C@H](CO)[C@H](O)[C@H](O)[C@H]5O)[C@H]4O)O[C@H](CO)[C@@H](O)[C@@H]3O)O[C@H](CO)[C@@H](O)[C@@H]2O)O[C@H](CO)[C@@H](O)[C@@H]1O. The first-order valence-electron chi connectivity index (χ1n) is 40.6. The van der Waals surface area contributed by atoms with Crippen LogP contribution in [0.3, 0.4) is 0 Å². The van der Waals surface area contributed by atoms with Gasteiger partial charge in [-0.3, -0.25) is 9.05 Å². The molecule has 10 aliphatic rings. The molecular weight excluding hydrogens is 1890 g/mol. The zero-order valence-corrected chi connectivity index (χ0v) is 70.4. The van der Waals surface area contributed by atoms with Crippen LogP contribution in [0.5, 0.6) is 0 Å². The number of phosphoric ester groups is 2. The van der Waals surface area contributed by atoms with Crippen molar-refractivity contribution in [3.63, 3.8) is 0 Å². The van der Waals surface area contributed by atoms with E-state index < -0.39 is 431 Å². The molecule has 40 N–H and O–H groups in total. The van der Waals surface area contributed by atoms with Gasteiger partial charge < -0.3 is 289 Å². The summed E-state index contributed by atoms with van der Waals surface area (Å²) in [5.41, 5.74) is 6.11. The summed E-state index contributed by atoms with van der Waals surface area (Å²) in [6.07, 6.45) is -131. The fourth-order valence-corrected chi connectivity index (χ4v) is 17.5. The maximum atomic E-state index is 13.5.